The number of ether oxygens (including phenoxy) is 1. The van der Waals surface area contributed by atoms with Gasteiger partial charge in [-0.15, -0.1) is 0 Å². The molecular formula is C12H23N3O2. The molecule has 98 valence electrons. The molecule has 0 spiro atoms. The van der Waals surface area contributed by atoms with Crippen molar-refractivity contribution in [3.63, 3.8) is 0 Å². The van der Waals surface area contributed by atoms with Crippen LogP contribution >= 0.6 is 0 Å². The first-order valence-electron chi connectivity index (χ1n) is 6.48. The van der Waals surface area contributed by atoms with Crippen LogP contribution in [0.2, 0.25) is 0 Å². The Morgan fingerprint density at radius 1 is 1.59 bits per heavy atom. The average Bonchev–Trinajstić information content (AvgIpc) is 2.72. The van der Waals surface area contributed by atoms with Crippen LogP contribution in [-0.2, 0) is 9.53 Å². The molecule has 2 aliphatic heterocycles. The third kappa shape index (κ3) is 3.40. The molecule has 2 rings (SSSR count). The lowest BCUT2D eigenvalue weighted by Gasteiger charge is -2.30. The zero-order chi connectivity index (χ0) is 12.3. The van der Waals surface area contributed by atoms with Crippen molar-refractivity contribution in [3.05, 3.63) is 0 Å². The topological polar surface area (TPSA) is 53.6 Å². The first-order valence-corrected chi connectivity index (χ1v) is 6.48. The molecule has 0 bridgehead atoms. The van der Waals surface area contributed by atoms with Crippen LogP contribution in [0.3, 0.4) is 0 Å². The highest BCUT2D eigenvalue weighted by Gasteiger charge is 2.29. The summed E-state index contributed by atoms with van der Waals surface area (Å²) in [5, 5.41) is 6.31. The number of carbonyl (C=O) groups excluding carboxylic acids is 1. The second-order valence-electron chi connectivity index (χ2n) is 5.14. The molecule has 5 nitrogen and oxygen atoms in total. The van der Waals surface area contributed by atoms with Crippen LogP contribution in [0.1, 0.15) is 13.3 Å². The number of nitrogens with one attached hydrogen (secondary N) is 2. The van der Waals surface area contributed by atoms with E-state index < -0.39 is 0 Å². The van der Waals surface area contributed by atoms with E-state index >= 15 is 0 Å². The lowest BCUT2D eigenvalue weighted by atomic mass is 10.0. The summed E-state index contributed by atoms with van der Waals surface area (Å²) in [6.45, 7) is 6.29. The fourth-order valence-corrected chi connectivity index (χ4v) is 2.55. The maximum absolute atomic E-state index is 12.0. The van der Waals surface area contributed by atoms with Gasteiger partial charge in [-0.3, -0.25) is 4.79 Å². The standard InChI is InChI=1S/C12H23N3O2/c1-9-11(3-4-13-9)12(16)14-7-10-8-15(2)5-6-17-10/h9-11,13H,3-8H2,1-2H3,(H,14,16). The third-order valence-electron chi connectivity index (χ3n) is 3.71. The second kappa shape index (κ2) is 5.80. The van der Waals surface area contributed by atoms with Gasteiger partial charge in [0, 0.05) is 25.7 Å². The number of carbonyl (C=O) groups is 1. The molecule has 0 aromatic rings. The predicted molar refractivity (Wildman–Crippen MR) is 65.8 cm³/mol. The molecule has 1 amide bonds. The van der Waals surface area contributed by atoms with Crippen molar-refractivity contribution in [2.24, 2.45) is 5.92 Å². The van der Waals surface area contributed by atoms with Crippen molar-refractivity contribution in [1.29, 1.82) is 0 Å². The van der Waals surface area contributed by atoms with E-state index in [1.54, 1.807) is 0 Å². The summed E-state index contributed by atoms with van der Waals surface area (Å²) in [5.41, 5.74) is 0. The summed E-state index contributed by atoms with van der Waals surface area (Å²) < 4.78 is 5.62. The number of likely N-dealkylation sites (N-methyl/N-ethyl adjacent to an activating group) is 1. The fourth-order valence-electron chi connectivity index (χ4n) is 2.55. The second-order valence-corrected chi connectivity index (χ2v) is 5.14. The molecule has 2 aliphatic rings. The number of morpholine rings is 1. The van der Waals surface area contributed by atoms with Gasteiger partial charge in [0.25, 0.3) is 0 Å². The number of hydrogen-bond acceptors (Lipinski definition) is 4. The van der Waals surface area contributed by atoms with E-state index in [-0.39, 0.29) is 17.9 Å². The van der Waals surface area contributed by atoms with Crippen LogP contribution in [0, 0.1) is 5.92 Å². The van der Waals surface area contributed by atoms with Crippen LogP contribution in [-0.4, -0.2) is 62.8 Å². The predicted octanol–water partition coefficient (Wildman–Crippen LogP) is -0.569. The van der Waals surface area contributed by atoms with Crippen molar-refractivity contribution < 1.29 is 9.53 Å². The largest absolute Gasteiger partial charge is 0.374 e. The van der Waals surface area contributed by atoms with Gasteiger partial charge >= 0.3 is 0 Å². The van der Waals surface area contributed by atoms with Gasteiger partial charge in [0.1, 0.15) is 0 Å². The molecule has 5 heteroatoms. The Hall–Kier alpha value is -0.650. The van der Waals surface area contributed by atoms with Crippen molar-refractivity contribution in [2.75, 3.05) is 39.8 Å². The summed E-state index contributed by atoms with van der Waals surface area (Å²) in [4.78, 5) is 14.2. The van der Waals surface area contributed by atoms with Crippen LogP contribution in [0.5, 0.6) is 0 Å². The molecule has 3 atom stereocenters. The summed E-state index contributed by atoms with van der Waals surface area (Å²) in [5.74, 6) is 0.288. The molecular weight excluding hydrogens is 218 g/mol. The van der Waals surface area contributed by atoms with Crippen LogP contribution in [0.25, 0.3) is 0 Å². The molecule has 2 N–H and O–H groups in total. The first kappa shape index (κ1) is 12.8. The number of hydrogen-bond donors (Lipinski definition) is 2. The van der Waals surface area contributed by atoms with Gasteiger partial charge < -0.3 is 20.3 Å². The van der Waals surface area contributed by atoms with Gasteiger partial charge in [-0.05, 0) is 26.9 Å². The number of rotatable bonds is 3. The Labute approximate surface area is 103 Å². The minimum Gasteiger partial charge on any atom is -0.374 e. The van der Waals surface area contributed by atoms with Crippen LogP contribution in [0.4, 0.5) is 0 Å². The zero-order valence-electron chi connectivity index (χ0n) is 10.7. The van der Waals surface area contributed by atoms with Crippen molar-refractivity contribution in [1.82, 2.24) is 15.5 Å². The van der Waals surface area contributed by atoms with E-state index in [4.69, 9.17) is 4.74 Å². The summed E-state index contributed by atoms with van der Waals surface area (Å²) >= 11 is 0. The maximum atomic E-state index is 12.0. The van der Waals surface area contributed by atoms with E-state index in [1.807, 2.05) is 0 Å². The van der Waals surface area contributed by atoms with Gasteiger partial charge in [0.2, 0.25) is 5.91 Å². The van der Waals surface area contributed by atoms with Gasteiger partial charge in [-0.2, -0.15) is 0 Å². The average molecular weight is 241 g/mol. The van der Waals surface area contributed by atoms with Gasteiger partial charge in [-0.25, -0.2) is 0 Å². The smallest absolute Gasteiger partial charge is 0.224 e. The molecule has 2 saturated heterocycles. The number of nitrogens with zero attached hydrogens (tertiary/aromatic N) is 1. The molecule has 2 heterocycles. The Bertz CT molecular complexity index is 272. The summed E-state index contributed by atoms with van der Waals surface area (Å²) in [7, 11) is 2.08. The minimum atomic E-state index is 0.122. The van der Waals surface area contributed by atoms with Crippen molar-refractivity contribution in [3.8, 4) is 0 Å². The minimum absolute atomic E-state index is 0.122. The highest BCUT2D eigenvalue weighted by Crippen LogP contribution is 2.15. The summed E-state index contributed by atoms with van der Waals surface area (Å²) in [6.07, 6.45) is 1.08. The molecule has 0 aromatic carbocycles. The monoisotopic (exact) mass is 241 g/mol. The Kier molecular flexibility index (Phi) is 4.36. The Morgan fingerprint density at radius 3 is 3.06 bits per heavy atom. The molecule has 0 saturated carbocycles. The van der Waals surface area contributed by atoms with E-state index in [2.05, 4.69) is 29.5 Å². The molecule has 0 aromatic heterocycles. The first-order chi connectivity index (χ1) is 8.16. The van der Waals surface area contributed by atoms with E-state index in [1.165, 1.54) is 0 Å². The Morgan fingerprint density at radius 2 is 2.41 bits per heavy atom. The quantitative estimate of drug-likeness (QED) is 0.695. The van der Waals surface area contributed by atoms with E-state index in [0.29, 0.717) is 12.6 Å². The lowest BCUT2D eigenvalue weighted by molar-refractivity contribution is -0.126. The highest BCUT2D eigenvalue weighted by molar-refractivity contribution is 5.79. The van der Waals surface area contributed by atoms with E-state index in [9.17, 15) is 4.79 Å². The van der Waals surface area contributed by atoms with E-state index in [0.717, 1.165) is 32.7 Å². The molecule has 2 fully saturated rings. The maximum Gasteiger partial charge on any atom is 0.224 e. The third-order valence-corrected chi connectivity index (χ3v) is 3.71. The molecule has 17 heavy (non-hydrogen) atoms. The fraction of sp³-hybridized carbons (Fsp3) is 0.917. The van der Waals surface area contributed by atoms with Gasteiger partial charge in [0.05, 0.1) is 18.6 Å². The zero-order valence-corrected chi connectivity index (χ0v) is 10.7. The SMILES string of the molecule is CC1NCCC1C(=O)NCC1CN(C)CCO1. The molecule has 3 unspecified atom stereocenters. The highest BCUT2D eigenvalue weighted by atomic mass is 16.5. The lowest BCUT2D eigenvalue weighted by Crippen LogP contribution is -2.47. The molecule has 0 aliphatic carbocycles. The normalized spacial score (nSPS) is 34.8. The molecule has 0 radical (unpaired) electrons. The van der Waals surface area contributed by atoms with Crippen LogP contribution < -0.4 is 10.6 Å². The van der Waals surface area contributed by atoms with Gasteiger partial charge in [0.15, 0.2) is 0 Å². The van der Waals surface area contributed by atoms with Crippen molar-refractivity contribution in [2.45, 2.75) is 25.5 Å². The van der Waals surface area contributed by atoms with Gasteiger partial charge in [-0.1, -0.05) is 0 Å². The summed E-state index contributed by atoms with van der Waals surface area (Å²) in [6, 6.07) is 0.296. The Balaban J connectivity index is 1.72. The van der Waals surface area contributed by atoms with Crippen LogP contribution in [0.15, 0.2) is 0 Å². The van der Waals surface area contributed by atoms with Crippen molar-refractivity contribution >= 4 is 5.91 Å². The number of amides is 1.